The van der Waals surface area contributed by atoms with E-state index in [1.54, 1.807) is 54.7 Å². The first-order chi connectivity index (χ1) is 17.7. The van der Waals surface area contributed by atoms with Gasteiger partial charge in [-0.25, -0.2) is 4.39 Å². The topological polar surface area (TPSA) is 17.1 Å². The van der Waals surface area contributed by atoms with Crippen LogP contribution in [-0.2, 0) is 5.67 Å². The molecule has 0 aromatic heterocycles. The van der Waals surface area contributed by atoms with Crippen LogP contribution in [0.25, 0.3) is 0 Å². The number of rotatable bonds is 10. The molecule has 5 heteroatoms. The summed E-state index contributed by atoms with van der Waals surface area (Å²) in [6.07, 6.45) is 0.395. The van der Waals surface area contributed by atoms with Crippen LogP contribution < -0.4 is 0 Å². The van der Waals surface area contributed by atoms with E-state index in [1.807, 2.05) is 43.0 Å². The molecule has 1 atom stereocenters. The molecule has 1 unspecified atom stereocenters. The number of halogens is 1. The lowest BCUT2D eigenvalue weighted by atomic mass is 9.93. The lowest BCUT2D eigenvalue weighted by Gasteiger charge is -2.18. The Kier molecular flexibility index (Phi) is 9.22. The molecule has 0 saturated heterocycles. The monoisotopic (exact) mass is 546 g/mol. The number of hydrogen-bond donors (Lipinski definition) is 0. The van der Waals surface area contributed by atoms with Gasteiger partial charge in [0.05, 0.1) is 0 Å². The van der Waals surface area contributed by atoms with Gasteiger partial charge in [-0.1, -0.05) is 68.6 Å². The fourth-order valence-electron chi connectivity index (χ4n) is 3.72. The van der Waals surface area contributed by atoms with Crippen molar-refractivity contribution in [3.8, 4) is 0 Å². The van der Waals surface area contributed by atoms with Crippen molar-refractivity contribution in [3.63, 3.8) is 0 Å². The molecule has 0 saturated carbocycles. The summed E-state index contributed by atoms with van der Waals surface area (Å²) in [6, 6.07) is 31.8. The van der Waals surface area contributed by atoms with Crippen LogP contribution in [0.2, 0.25) is 0 Å². The predicted octanol–water partition coefficient (Wildman–Crippen LogP) is 10.3. The van der Waals surface area contributed by atoms with Gasteiger partial charge in [0.15, 0.2) is 5.78 Å². The van der Waals surface area contributed by atoms with Crippen molar-refractivity contribution in [3.05, 3.63) is 114 Å². The summed E-state index contributed by atoms with van der Waals surface area (Å²) in [7, 11) is 0. The summed E-state index contributed by atoms with van der Waals surface area (Å²) in [5.74, 6) is -0.0580. The quantitative estimate of drug-likeness (QED) is 0.145. The number of ketones is 1. The molecular weight excluding hydrogens is 516 g/mol. The molecule has 0 heterocycles. The van der Waals surface area contributed by atoms with Crippen LogP contribution in [-0.4, -0.2) is 11.0 Å². The van der Waals surface area contributed by atoms with Crippen LogP contribution in [0.5, 0.6) is 0 Å². The van der Waals surface area contributed by atoms with E-state index in [9.17, 15) is 9.18 Å². The van der Waals surface area contributed by atoms with Crippen molar-refractivity contribution in [2.45, 2.75) is 69.5 Å². The lowest BCUT2D eigenvalue weighted by molar-refractivity contribution is 0.103. The van der Waals surface area contributed by atoms with Gasteiger partial charge in [0.1, 0.15) is 5.67 Å². The maximum absolute atomic E-state index is 14.5. The van der Waals surface area contributed by atoms with Gasteiger partial charge in [-0.2, -0.15) is 0 Å². The molecule has 0 fully saturated rings. The zero-order valence-corrected chi connectivity index (χ0v) is 24.0. The first-order valence-corrected chi connectivity index (χ1v) is 14.9. The summed E-state index contributed by atoms with van der Waals surface area (Å²) in [6.45, 7) is 7.80. The van der Waals surface area contributed by atoms with Gasteiger partial charge in [-0.15, -0.1) is 11.8 Å². The molecule has 0 aliphatic heterocycles. The molecule has 4 rings (SSSR count). The van der Waals surface area contributed by atoms with Crippen LogP contribution >= 0.6 is 35.3 Å². The zero-order chi connectivity index (χ0) is 26.4. The predicted molar refractivity (Wildman–Crippen MR) is 157 cm³/mol. The summed E-state index contributed by atoms with van der Waals surface area (Å²) < 4.78 is 14.5. The van der Waals surface area contributed by atoms with Crippen molar-refractivity contribution >= 4 is 41.1 Å². The van der Waals surface area contributed by atoms with E-state index in [0.717, 1.165) is 9.79 Å². The molecule has 0 amide bonds. The first-order valence-electron chi connectivity index (χ1n) is 12.4. The van der Waals surface area contributed by atoms with Crippen molar-refractivity contribution in [1.82, 2.24) is 0 Å². The van der Waals surface area contributed by atoms with E-state index in [2.05, 4.69) is 62.4 Å². The number of benzene rings is 4. The minimum absolute atomic E-state index is 0.0580. The third-order valence-electron chi connectivity index (χ3n) is 6.02. The lowest BCUT2D eigenvalue weighted by Crippen LogP contribution is -2.13. The second-order valence-electron chi connectivity index (χ2n) is 9.30. The van der Waals surface area contributed by atoms with Gasteiger partial charge in [0.25, 0.3) is 0 Å². The SMILES string of the molecule is CCC(C)(F)c1ccc(C(=O)c2ccc(Sc3ccc(Sc4ccc(SC(C)C)cc4)cc3)cc2)cc1. The number of hydrogen-bond acceptors (Lipinski definition) is 4. The van der Waals surface area contributed by atoms with Crippen LogP contribution in [0.1, 0.15) is 55.6 Å². The number of thioether (sulfide) groups is 1. The van der Waals surface area contributed by atoms with Gasteiger partial charge in [-0.05, 0) is 91.7 Å². The normalized spacial score (nSPS) is 12.9. The minimum atomic E-state index is -1.38. The highest BCUT2D eigenvalue weighted by molar-refractivity contribution is 8.00. The Morgan fingerprint density at radius 1 is 0.676 bits per heavy atom. The number of carbonyl (C=O) groups excluding carboxylic acids is 1. The molecule has 0 aliphatic carbocycles. The second-order valence-corrected chi connectivity index (χ2v) is 13.2. The van der Waals surface area contributed by atoms with Crippen molar-refractivity contribution in [2.75, 3.05) is 0 Å². The van der Waals surface area contributed by atoms with E-state index in [1.165, 1.54) is 14.7 Å². The van der Waals surface area contributed by atoms with Crippen LogP contribution in [0.3, 0.4) is 0 Å². The fourth-order valence-corrected chi connectivity index (χ4v) is 6.19. The van der Waals surface area contributed by atoms with Gasteiger partial charge in [0, 0.05) is 40.9 Å². The van der Waals surface area contributed by atoms with Crippen molar-refractivity contribution in [2.24, 2.45) is 0 Å². The Bertz CT molecular complexity index is 1310. The van der Waals surface area contributed by atoms with E-state index in [-0.39, 0.29) is 5.78 Å². The Balaban J connectivity index is 1.35. The summed E-state index contributed by atoms with van der Waals surface area (Å²) in [5, 5.41) is 0.582. The molecule has 190 valence electrons. The highest BCUT2D eigenvalue weighted by Gasteiger charge is 2.23. The van der Waals surface area contributed by atoms with Gasteiger partial charge < -0.3 is 0 Å². The Labute approximate surface area is 232 Å². The molecule has 0 aliphatic rings. The zero-order valence-electron chi connectivity index (χ0n) is 21.5. The van der Waals surface area contributed by atoms with Crippen LogP contribution in [0, 0.1) is 0 Å². The summed E-state index contributed by atoms with van der Waals surface area (Å²) in [4.78, 5) is 18.8. The van der Waals surface area contributed by atoms with E-state index in [0.29, 0.717) is 28.4 Å². The van der Waals surface area contributed by atoms with E-state index >= 15 is 0 Å². The summed E-state index contributed by atoms with van der Waals surface area (Å²) >= 11 is 5.30. The Morgan fingerprint density at radius 2 is 1.03 bits per heavy atom. The van der Waals surface area contributed by atoms with Crippen LogP contribution in [0.15, 0.2) is 122 Å². The smallest absolute Gasteiger partial charge is 0.193 e. The molecule has 0 radical (unpaired) electrons. The number of alkyl halides is 1. The maximum atomic E-state index is 14.5. The third-order valence-corrected chi connectivity index (χ3v) is 9.07. The first kappa shape index (κ1) is 27.6. The van der Waals surface area contributed by atoms with E-state index in [4.69, 9.17) is 0 Å². The average molecular weight is 547 g/mol. The third kappa shape index (κ3) is 7.53. The maximum Gasteiger partial charge on any atom is 0.193 e. The fraction of sp³-hybridized carbons (Fsp3) is 0.219. The average Bonchev–Trinajstić information content (AvgIpc) is 2.91. The minimum Gasteiger partial charge on any atom is -0.289 e. The van der Waals surface area contributed by atoms with Gasteiger partial charge in [-0.3, -0.25) is 4.79 Å². The highest BCUT2D eigenvalue weighted by Crippen LogP contribution is 2.34. The van der Waals surface area contributed by atoms with Crippen LogP contribution in [0.4, 0.5) is 4.39 Å². The standard InChI is InChI=1S/C32H31FOS3/c1-5-32(4,33)25-10-6-23(7-11-25)31(34)24-8-12-27(13-9-24)36-29-18-20-30(21-19-29)37-28-16-14-26(15-17-28)35-22(2)3/h6-22H,5H2,1-4H3. The molecule has 4 aromatic rings. The Morgan fingerprint density at radius 3 is 1.41 bits per heavy atom. The number of carbonyl (C=O) groups is 1. The van der Waals surface area contributed by atoms with Gasteiger partial charge >= 0.3 is 0 Å². The van der Waals surface area contributed by atoms with Gasteiger partial charge in [0.2, 0.25) is 0 Å². The molecule has 4 aromatic carbocycles. The van der Waals surface area contributed by atoms with Crippen molar-refractivity contribution in [1.29, 1.82) is 0 Å². The molecule has 0 N–H and O–H groups in total. The second kappa shape index (κ2) is 12.4. The van der Waals surface area contributed by atoms with E-state index < -0.39 is 5.67 Å². The highest BCUT2D eigenvalue weighted by atomic mass is 32.2. The molecule has 0 spiro atoms. The molecular formula is C32H31FOS3. The summed E-state index contributed by atoms with van der Waals surface area (Å²) in [5.41, 5.74) is 0.411. The molecule has 37 heavy (non-hydrogen) atoms. The van der Waals surface area contributed by atoms with Crippen molar-refractivity contribution < 1.29 is 9.18 Å². The Hall–Kier alpha value is -2.47. The molecule has 0 bridgehead atoms. The molecule has 1 nitrogen and oxygen atoms in total. The largest absolute Gasteiger partial charge is 0.289 e.